The van der Waals surface area contributed by atoms with Crippen LogP contribution < -0.4 is 14.2 Å². The maximum Gasteiger partial charge on any atom is 0.343 e. The average molecular weight is 550 g/mol. The van der Waals surface area contributed by atoms with Gasteiger partial charge in [0.2, 0.25) is 0 Å². The fourth-order valence-electron chi connectivity index (χ4n) is 3.97. The van der Waals surface area contributed by atoms with Crippen LogP contribution in [0.15, 0.2) is 65.6 Å². The standard InChI is InChI=1S/C30H28FNO6S/c1-18(2)23-10-8-19(3)14-25(23)37-13-12-32-28(33)27(39-30(32)35)16-20-9-11-24(26(15-20)36-4)38-29(34)21-6-5-7-22(31)17-21/h5-11,14-18H,12-13H2,1-4H3/b27-16-. The van der Waals surface area contributed by atoms with Crippen LogP contribution in [0.1, 0.15) is 46.8 Å². The Morgan fingerprint density at radius 3 is 2.54 bits per heavy atom. The van der Waals surface area contributed by atoms with Crippen molar-refractivity contribution in [3.05, 3.63) is 93.6 Å². The van der Waals surface area contributed by atoms with E-state index < -0.39 is 17.7 Å². The summed E-state index contributed by atoms with van der Waals surface area (Å²) in [5.41, 5.74) is 2.75. The molecule has 202 valence electrons. The molecule has 2 amide bonds. The summed E-state index contributed by atoms with van der Waals surface area (Å²) in [6.07, 6.45) is 1.57. The number of hydrogen-bond acceptors (Lipinski definition) is 7. The van der Waals surface area contributed by atoms with E-state index in [9.17, 15) is 18.8 Å². The molecule has 0 atom stereocenters. The van der Waals surface area contributed by atoms with Crippen molar-refractivity contribution < 1.29 is 33.0 Å². The third-order valence-electron chi connectivity index (χ3n) is 5.99. The zero-order chi connectivity index (χ0) is 28.1. The summed E-state index contributed by atoms with van der Waals surface area (Å²) in [5, 5.41) is -0.379. The van der Waals surface area contributed by atoms with E-state index in [0.717, 1.165) is 39.6 Å². The smallest absolute Gasteiger partial charge is 0.343 e. The molecule has 3 aromatic carbocycles. The van der Waals surface area contributed by atoms with Crippen LogP contribution in [0, 0.1) is 12.7 Å². The van der Waals surface area contributed by atoms with Crippen LogP contribution in [-0.4, -0.2) is 42.3 Å². The number of aryl methyl sites for hydroxylation is 1. The van der Waals surface area contributed by atoms with Gasteiger partial charge in [-0.25, -0.2) is 9.18 Å². The maximum atomic E-state index is 13.4. The lowest BCUT2D eigenvalue weighted by atomic mass is 10.0. The van der Waals surface area contributed by atoms with Gasteiger partial charge in [0.05, 0.1) is 24.1 Å². The molecule has 1 fully saturated rings. The Labute approximate surface area is 230 Å². The van der Waals surface area contributed by atoms with Crippen molar-refractivity contribution in [2.24, 2.45) is 0 Å². The number of hydrogen-bond donors (Lipinski definition) is 0. The number of halogens is 1. The Balaban J connectivity index is 1.43. The minimum Gasteiger partial charge on any atom is -0.493 e. The van der Waals surface area contributed by atoms with Crippen molar-refractivity contribution in [1.29, 1.82) is 0 Å². The number of esters is 1. The number of carbonyl (C=O) groups is 3. The van der Waals surface area contributed by atoms with Gasteiger partial charge < -0.3 is 14.2 Å². The fraction of sp³-hybridized carbons (Fsp3) is 0.233. The maximum absolute atomic E-state index is 13.4. The van der Waals surface area contributed by atoms with Gasteiger partial charge >= 0.3 is 5.97 Å². The summed E-state index contributed by atoms with van der Waals surface area (Å²) < 4.78 is 30.1. The molecule has 39 heavy (non-hydrogen) atoms. The second-order valence-corrected chi connectivity index (χ2v) is 10.2. The van der Waals surface area contributed by atoms with E-state index in [0.29, 0.717) is 5.56 Å². The minimum atomic E-state index is -0.741. The number of rotatable bonds is 9. The van der Waals surface area contributed by atoms with Crippen molar-refractivity contribution in [2.75, 3.05) is 20.3 Å². The van der Waals surface area contributed by atoms with Crippen LogP contribution in [0.3, 0.4) is 0 Å². The predicted molar refractivity (Wildman–Crippen MR) is 148 cm³/mol. The third-order valence-corrected chi connectivity index (χ3v) is 6.89. The highest BCUT2D eigenvalue weighted by Crippen LogP contribution is 2.35. The molecule has 0 radical (unpaired) electrons. The monoisotopic (exact) mass is 549 g/mol. The number of imide groups is 1. The SMILES string of the molecule is COc1cc(/C=C2\SC(=O)N(CCOc3cc(C)ccc3C(C)C)C2=O)ccc1OC(=O)c1cccc(F)c1. The van der Waals surface area contributed by atoms with E-state index in [4.69, 9.17) is 14.2 Å². The molecule has 7 nitrogen and oxygen atoms in total. The summed E-state index contributed by atoms with van der Waals surface area (Å²) in [5.74, 6) is -0.321. The molecule has 1 aliphatic rings. The normalized spacial score (nSPS) is 14.3. The molecule has 1 aliphatic heterocycles. The van der Waals surface area contributed by atoms with Gasteiger partial charge in [-0.2, -0.15) is 0 Å². The van der Waals surface area contributed by atoms with Crippen molar-refractivity contribution in [2.45, 2.75) is 26.7 Å². The molecule has 0 N–H and O–H groups in total. The Bertz CT molecular complexity index is 1450. The quantitative estimate of drug-likeness (QED) is 0.169. The number of methoxy groups -OCH3 is 1. The minimum absolute atomic E-state index is 0.0570. The number of carbonyl (C=O) groups excluding carboxylic acids is 3. The lowest BCUT2D eigenvalue weighted by molar-refractivity contribution is -0.123. The van der Waals surface area contributed by atoms with Gasteiger partial charge in [-0.1, -0.05) is 38.1 Å². The van der Waals surface area contributed by atoms with Gasteiger partial charge in [-0.3, -0.25) is 14.5 Å². The Morgan fingerprint density at radius 1 is 1.03 bits per heavy atom. The number of ether oxygens (including phenoxy) is 3. The highest BCUT2D eigenvalue weighted by Gasteiger charge is 2.35. The second-order valence-electron chi connectivity index (χ2n) is 9.19. The first-order valence-corrected chi connectivity index (χ1v) is 13.1. The predicted octanol–water partition coefficient (Wildman–Crippen LogP) is 6.60. The van der Waals surface area contributed by atoms with Crippen LogP contribution in [0.4, 0.5) is 9.18 Å². The number of amides is 2. The largest absolute Gasteiger partial charge is 0.493 e. The van der Waals surface area contributed by atoms with E-state index in [-0.39, 0.29) is 46.3 Å². The molecular weight excluding hydrogens is 521 g/mol. The van der Waals surface area contributed by atoms with Gasteiger partial charge in [0.25, 0.3) is 11.1 Å². The summed E-state index contributed by atoms with van der Waals surface area (Å²) in [4.78, 5) is 39.4. The van der Waals surface area contributed by atoms with E-state index in [1.54, 1.807) is 18.2 Å². The Morgan fingerprint density at radius 2 is 1.82 bits per heavy atom. The molecule has 3 aromatic rings. The Kier molecular flexibility index (Phi) is 8.71. The van der Waals surface area contributed by atoms with Crippen LogP contribution in [-0.2, 0) is 4.79 Å². The van der Waals surface area contributed by atoms with Crippen molar-refractivity contribution in [3.8, 4) is 17.2 Å². The fourth-order valence-corrected chi connectivity index (χ4v) is 4.83. The van der Waals surface area contributed by atoms with Gasteiger partial charge in [0, 0.05) is 0 Å². The summed E-state index contributed by atoms with van der Waals surface area (Å²) in [7, 11) is 1.41. The van der Waals surface area contributed by atoms with Crippen LogP contribution >= 0.6 is 11.8 Å². The Hall–Kier alpha value is -4.11. The molecule has 0 spiro atoms. The lowest BCUT2D eigenvalue weighted by Gasteiger charge is -2.17. The zero-order valence-corrected chi connectivity index (χ0v) is 22.8. The molecule has 0 unspecified atom stereocenters. The first-order valence-electron chi connectivity index (χ1n) is 12.3. The van der Waals surface area contributed by atoms with Gasteiger partial charge in [0.15, 0.2) is 11.5 Å². The number of benzene rings is 3. The first kappa shape index (κ1) is 27.9. The molecular formula is C30H28FNO6S. The topological polar surface area (TPSA) is 82.1 Å². The highest BCUT2D eigenvalue weighted by atomic mass is 32.2. The number of thioether (sulfide) groups is 1. The van der Waals surface area contributed by atoms with E-state index in [1.165, 1.54) is 31.4 Å². The molecule has 0 aromatic heterocycles. The van der Waals surface area contributed by atoms with Crippen LogP contribution in [0.2, 0.25) is 0 Å². The molecule has 0 aliphatic carbocycles. The van der Waals surface area contributed by atoms with E-state index >= 15 is 0 Å². The van der Waals surface area contributed by atoms with Gasteiger partial charge in [-0.15, -0.1) is 0 Å². The molecule has 0 bridgehead atoms. The summed E-state index contributed by atoms with van der Waals surface area (Å²) in [6.45, 7) is 6.43. The van der Waals surface area contributed by atoms with Crippen LogP contribution in [0.25, 0.3) is 6.08 Å². The molecule has 9 heteroatoms. The van der Waals surface area contributed by atoms with Crippen molar-refractivity contribution in [3.63, 3.8) is 0 Å². The molecule has 0 saturated carbocycles. The number of nitrogens with zero attached hydrogens (tertiary/aromatic N) is 1. The van der Waals surface area contributed by atoms with Crippen molar-refractivity contribution >= 4 is 35.0 Å². The first-order chi connectivity index (χ1) is 18.7. The van der Waals surface area contributed by atoms with Crippen molar-refractivity contribution in [1.82, 2.24) is 4.90 Å². The third kappa shape index (κ3) is 6.67. The van der Waals surface area contributed by atoms with E-state index in [1.807, 2.05) is 25.1 Å². The lowest BCUT2D eigenvalue weighted by Crippen LogP contribution is -2.32. The summed E-state index contributed by atoms with van der Waals surface area (Å²) >= 11 is 0.842. The van der Waals surface area contributed by atoms with Gasteiger partial charge in [-0.05, 0) is 83.8 Å². The molecule has 1 saturated heterocycles. The highest BCUT2D eigenvalue weighted by molar-refractivity contribution is 8.18. The average Bonchev–Trinajstić information content (AvgIpc) is 3.16. The molecule has 1 heterocycles. The molecule has 4 rings (SSSR count). The summed E-state index contributed by atoms with van der Waals surface area (Å²) in [6, 6.07) is 15.9. The second kappa shape index (κ2) is 12.2. The zero-order valence-electron chi connectivity index (χ0n) is 22.0. The van der Waals surface area contributed by atoms with Crippen LogP contribution in [0.5, 0.6) is 17.2 Å². The van der Waals surface area contributed by atoms with Gasteiger partial charge in [0.1, 0.15) is 18.2 Å². The van der Waals surface area contributed by atoms with E-state index in [2.05, 4.69) is 13.8 Å².